The number of hydrogen-bond donors (Lipinski definition) is 2. The molecule has 2 nitrogen and oxygen atoms in total. The van der Waals surface area contributed by atoms with Crippen molar-refractivity contribution in [1.82, 2.24) is 5.32 Å². The lowest BCUT2D eigenvalue weighted by Crippen LogP contribution is -2.29. The zero-order chi connectivity index (χ0) is 10.5. The second kappa shape index (κ2) is 5.12. The monoisotopic (exact) mass is 208 g/mol. The summed E-state index contributed by atoms with van der Waals surface area (Å²) in [6.45, 7) is 1.70. The first-order chi connectivity index (χ1) is 7.38. The van der Waals surface area contributed by atoms with Gasteiger partial charge in [-0.25, -0.2) is 4.39 Å². The minimum atomic E-state index is -0.384. The maximum absolute atomic E-state index is 12.3. The van der Waals surface area contributed by atoms with E-state index in [9.17, 15) is 4.39 Å². The van der Waals surface area contributed by atoms with Crippen LogP contribution in [0.5, 0.6) is 0 Å². The highest BCUT2D eigenvalue weighted by Gasteiger charge is 2.12. The Labute approximate surface area is 89.9 Å². The summed E-state index contributed by atoms with van der Waals surface area (Å²) in [5.41, 5.74) is 1.81. The van der Waals surface area contributed by atoms with Crippen LogP contribution in [0.25, 0.3) is 0 Å². The van der Waals surface area contributed by atoms with Gasteiger partial charge < -0.3 is 10.6 Å². The number of alkyl halides is 1. The van der Waals surface area contributed by atoms with E-state index in [1.165, 1.54) is 12.8 Å². The summed E-state index contributed by atoms with van der Waals surface area (Å²) in [5.74, 6) is 0. The Kier molecular flexibility index (Phi) is 3.56. The quantitative estimate of drug-likeness (QED) is 0.793. The summed E-state index contributed by atoms with van der Waals surface area (Å²) in [7, 11) is 0. The summed E-state index contributed by atoms with van der Waals surface area (Å²) in [5, 5.41) is 6.78. The molecule has 1 aliphatic rings. The predicted molar refractivity (Wildman–Crippen MR) is 60.8 cm³/mol. The van der Waals surface area contributed by atoms with E-state index in [2.05, 4.69) is 10.6 Å². The number of nitrogens with one attached hydrogen (secondary N) is 2. The second-order valence-corrected chi connectivity index (χ2v) is 4.00. The van der Waals surface area contributed by atoms with Crippen molar-refractivity contribution >= 4 is 5.69 Å². The molecule has 0 aromatic heterocycles. The summed E-state index contributed by atoms with van der Waals surface area (Å²) in [4.78, 5) is 0. The molecule has 0 amide bonds. The third kappa shape index (κ3) is 2.93. The van der Waals surface area contributed by atoms with Crippen molar-refractivity contribution in [2.24, 2.45) is 0 Å². The van der Waals surface area contributed by atoms with Crippen LogP contribution in [-0.4, -0.2) is 19.1 Å². The van der Waals surface area contributed by atoms with Gasteiger partial charge in [-0.15, -0.1) is 0 Å². The minimum Gasteiger partial charge on any atom is -0.383 e. The van der Waals surface area contributed by atoms with Gasteiger partial charge in [-0.3, -0.25) is 0 Å². The molecule has 0 radical (unpaired) electrons. The average molecular weight is 208 g/mol. The van der Waals surface area contributed by atoms with E-state index in [1.807, 2.05) is 24.3 Å². The van der Waals surface area contributed by atoms with Crippen LogP contribution >= 0.6 is 0 Å². The lowest BCUT2D eigenvalue weighted by atomic mass is 10.2. The molecule has 15 heavy (non-hydrogen) atoms. The molecule has 0 bridgehead atoms. The lowest BCUT2D eigenvalue weighted by Gasteiger charge is -2.12. The van der Waals surface area contributed by atoms with E-state index < -0.39 is 0 Å². The highest BCUT2D eigenvalue weighted by Crippen LogP contribution is 2.12. The van der Waals surface area contributed by atoms with Gasteiger partial charge in [0.2, 0.25) is 0 Å². The molecule has 1 aliphatic heterocycles. The van der Waals surface area contributed by atoms with E-state index in [-0.39, 0.29) is 6.67 Å². The zero-order valence-electron chi connectivity index (χ0n) is 8.80. The SMILES string of the molecule is FCc1ccc(NCC2CCCN2)cc1. The van der Waals surface area contributed by atoms with E-state index >= 15 is 0 Å². The number of rotatable bonds is 4. The zero-order valence-corrected chi connectivity index (χ0v) is 8.80. The van der Waals surface area contributed by atoms with Crippen molar-refractivity contribution in [2.75, 3.05) is 18.4 Å². The van der Waals surface area contributed by atoms with Crippen molar-refractivity contribution < 1.29 is 4.39 Å². The van der Waals surface area contributed by atoms with Crippen LogP contribution in [0.1, 0.15) is 18.4 Å². The Balaban J connectivity index is 1.82. The lowest BCUT2D eigenvalue weighted by molar-refractivity contribution is 0.485. The third-order valence-electron chi connectivity index (χ3n) is 2.82. The molecule has 1 atom stereocenters. The topological polar surface area (TPSA) is 24.1 Å². The van der Waals surface area contributed by atoms with Gasteiger partial charge in [0.1, 0.15) is 6.67 Å². The van der Waals surface area contributed by atoms with Crippen LogP contribution in [0.15, 0.2) is 24.3 Å². The molecule has 1 fully saturated rings. The largest absolute Gasteiger partial charge is 0.383 e. The third-order valence-corrected chi connectivity index (χ3v) is 2.82. The van der Waals surface area contributed by atoms with E-state index in [0.717, 1.165) is 24.3 Å². The van der Waals surface area contributed by atoms with Crippen LogP contribution in [-0.2, 0) is 6.67 Å². The van der Waals surface area contributed by atoms with Crippen LogP contribution in [0, 0.1) is 0 Å². The standard InChI is InChI=1S/C12H17FN2/c13-8-10-3-5-11(6-4-10)15-9-12-2-1-7-14-12/h3-6,12,14-15H,1-2,7-9H2. The molecule has 1 heterocycles. The van der Waals surface area contributed by atoms with E-state index in [0.29, 0.717) is 6.04 Å². The Morgan fingerprint density at radius 2 is 2.13 bits per heavy atom. The first-order valence-electron chi connectivity index (χ1n) is 5.50. The fraction of sp³-hybridized carbons (Fsp3) is 0.500. The van der Waals surface area contributed by atoms with Gasteiger partial charge in [0, 0.05) is 18.3 Å². The van der Waals surface area contributed by atoms with Crippen molar-refractivity contribution in [3.63, 3.8) is 0 Å². The fourth-order valence-electron chi connectivity index (χ4n) is 1.88. The summed E-state index contributed by atoms with van der Waals surface area (Å²) < 4.78 is 12.3. The predicted octanol–water partition coefficient (Wildman–Crippen LogP) is 2.32. The average Bonchev–Trinajstić information content (AvgIpc) is 2.80. The Morgan fingerprint density at radius 3 is 2.73 bits per heavy atom. The smallest absolute Gasteiger partial charge is 0.115 e. The van der Waals surface area contributed by atoms with Gasteiger partial charge in [0.05, 0.1) is 0 Å². The Bertz CT molecular complexity index is 291. The van der Waals surface area contributed by atoms with Crippen molar-refractivity contribution in [3.8, 4) is 0 Å². The van der Waals surface area contributed by atoms with Crippen molar-refractivity contribution in [3.05, 3.63) is 29.8 Å². The molecule has 1 unspecified atom stereocenters. The van der Waals surface area contributed by atoms with E-state index in [1.54, 1.807) is 0 Å². The molecule has 82 valence electrons. The van der Waals surface area contributed by atoms with Crippen molar-refractivity contribution in [2.45, 2.75) is 25.6 Å². The summed E-state index contributed by atoms with van der Waals surface area (Å²) >= 11 is 0. The number of halogens is 1. The van der Waals surface area contributed by atoms with Crippen LogP contribution in [0.3, 0.4) is 0 Å². The van der Waals surface area contributed by atoms with Crippen LogP contribution in [0.2, 0.25) is 0 Å². The van der Waals surface area contributed by atoms with Gasteiger partial charge in [-0.2, -0.15) is 0 Å². The molecule has 3 heteroatoms. The Hall–Kier alpha value is -1.09. The normalized spacial score (nSPS) is 20.5. The van der Waals surface area contributed by atoms with Gasteiger partial charge >= 0.3 is 0 Å². The highest BCUT2D eigenvalue weighted by atomic mass is 19.1. The fourth-order valence-corrected chi connectivity index (χ4v) is 1.88. The molecular weight excluding hydrogens is 191 g/mol. The van der Waals surface area contributed by atoms with Gasteiger partial charge in [0.25, 0.3) is 0 Å². The molecule has 0 spiro atoms. The maximum atomic E-state index is 12.3. The summed E-state index contributed by atoms with van der Waals surface area (Å²) in [6.07, 6.45) is 2.52. The van der Waals surface area contributed by atoms with Crippen LogP contribution < -0.4 is 10.6 Å². The number of anilines is 1. The highest BCUT2D eigenvalue weighted by molar-refractivity contribution is 5.44. The molecule has 1 aromatic rings. The second-order valence-electron chi connectivity index (χ2n) is 4.00. The molecule has 1 saturated heterocycles. The summed E-state index contributed by atoms with van der Waals surface area (Å²) in [6, 6.07) is 8.11. The molecule has 1 aromatic carbocycles. The van der Waals surface area contributed by atoms with Gasteiger partial charge in [0.15, 0.2) is 0 Å². The molecule has 2 rings (SSSR count). The van der Waals surface area contributed by atoms with Crippen LogP contribution in [0.4, 0.5) is 10.1 Å². The first-order valence-corrected chi connectivity index (χ1v) is 5.50. The minimum absolute atomic E-state index is 0.384. The number of hydrogen-bond acceptors (Lipinski definition) is 2. The van der Waals surface area contributed by atoms with Gasteiger partial charge in [-0.1, -0.05) is 12.1 Å². The van der Waals surface area contributed by atoms with Gasteiger partial charge in [-0.05, 0) is 37.1 Å². The first kappa shape index (κ1) is 10.4. The number of benzene rings is 1. The molecular formula is C12H17FN2. The molecule has 2 N–H and O–H groups in total. The maximum Gasteiger partial charge on any atom is 0.115 e. The molecule has 0 saturated carbocycles. The van der Waals surface area contributed by atoms with E-state index in [4.69, 9.17) is 0 Å². The van der Waals surface area contributed by atoms with Crippen molar-refractivity contribution in [1.29, 1.82) is 0 Å². The Morgan fingerprint density at radius 1 is 1.33 bits per heavy atom. The molecule has 0 aliphatic carbocycles.